The van der Waals surface area contributed by atoms with E-state index in [1.54, 1.807) is 0 Å². The van der Waals surface area contributed by atoms with Crippen molar-refractivity contribution in [3.05, 3.63) is 29.3 Å². The summed E-state index contributed by atoms with van der Waals surface area (Å²) in [6.07, 6.45) is 0.902. The molecule has 0 radical (unpaired) electrons. The Kier molecular flexibility index (Phi) is 13.0. The number of nitrogens with one attached hydrogen (secondary N) is 2. The summed E-state index contributed by atoms with van der Waals surface area (Å²) in [6, 6.07) is 7.83. The van der Waals surface area contributed by atoms with Gasteiger partial charge >= 0.3 is 0 Å². The van der Waals surface area contributed by atoms with Gasteiger partial charge in [0.25, 0.3) is 0 Å². The SMILES string of the molecule is CCNC(=NCC(=O)N1CCN(c2ccc(Cl)cc2)CC1)NCCCOCC.I. The van der Waals surface area contributed by atoms with Gasteiger partial charge in [0, 0.05) is 63.2 Å². The fraction of sp³-hybridized carbons (Fsp3) is 0.600. The van der Waals surface area contributed by atoms with Gasteiger partial charge in [0.15, 0.2) is 5.96 Å². The molecule has 1 heterocycles. The highest BCUT2D eigenvalue weighted by atomic mass is 127. The van der Waals surface area contributed by atoms with E-state index in [0.717, 1.165) is 56.5 Å². The molecule has 29 heavy (non-hydrogen) atoms. The number of nitrogens with zero attached hydrogens (tertiary/aromatic N) is 3. The summed E-state index contributed by atoms with van der Waals surface area (Å²) in [5.41, 5.74) is 1.14. The number of carbonyl (C=O) groups is 1. The second-order valence-corrected chi connectivity index (χ2v) is 6.95. The third kappa shape index (κ3) is 9.39. The van der Waals surface area contributed by atoms with Gasteiger partial charge in [-0.3, -0.25) is 4.79 Å². The van der Waals surface area contributed by atoms with Gasteiger partial charge in [0.2, 0.25) is 5.91 Å². The third-order valence-electron chi connectivity index (χ3n) is 4.50. The first kappa shape index (κ1) is 25.8. The second-order valence-electron chi connectivity index (χ2n) is 6.52. The van der Waals surface area contributed by atoms with E-state index >= 15 is 0 Å². The summed E-state index contributed by atoms with van der Waals surface area (Å²) in [4.78, 5) is 21.1. The number of aliphatic imine (C=N–C) groups is 1. The summed E-state index contributed by atoms with van der Waals surface area (Å²) >= 11 is 5.95. The largest absolute Gasteiger partial charge is 0.382 e. The van der Waals surface area contributed by atoms with Gasteiger partial charge in [-0.1, -0.05) is 11.6 Å². The topological polar surface area (TPSA) is 69.2 Å². The fourth-order valence-corrected chi connectivity index (χ4v) is 3.11. The van der Waals surface area contributed by atoms with E-state index in [4.69, 9.17) is 16.3 Å². The lowest BCUT2D eigenvalue weighted by Crippen LogP contribution is -2.49. The number of ether oxygens (including phenoxy) is 1. The van der Waals surface area contributed by atoms with Gasteiger partial charge in [-0.2, -0.15) is 0 Å². The van der Waals surface area contributed by atoms with Crippen molar-refractivity contribution in [3.8, 4) is 0 Å². The molecular formula is C20H33ClIN5O2. The van der Waals surface area contributed by atoms with Crippen molar-refractivity contribution in [1.29, 1.82) is 0 Å². The molecule has 2 rings (SSSR count). The number of hydrogen-bond acceptors (Lipinski definition) is 4. The summed E-state index contributed by atoms with van der Waals surface area (Å²) in [5, 5.41) is 7.15. The summed E-state index contributed by atoms with van der Waals surface area (Å²) in [7, 11) is 0. The molecule has 1 saturated heterocycles. The number of anilines is 1. The van der Waals surface area contributed by atoms with Crippen molar-refractivity contribution in [2.75, 3.05) is 63.9 Å². The molecule has 1 aliphatic heterocycles. The normalized spacial score (nSPS) is 14.4. The number of rotatable bonds is 9. The van der Waals surface area contributed by atoms with E-state index in [1.807, 2.05) is 43.0 Å². The Morgan fingerprint density at radius 3 is 2.45 bits per heavy atom. The Labute approximate surface area is 196 Å². The highest BCUT2D eigenvalue weighted by Gasteiger charge is 2.21. The zero-order chi connectivity index (χ0) is 20.2. The van der Waals surface area contributed by atoms with Crippen LogP contribution in [0.5, 0.6) is 0 Å². The zero-order valence-corrected chi connectivity index (χ0v) is 20.4. The van der Waals surface area contributed by atoms with Crippen molar-refractivity contribution in [2.24, 2.45) is 4.99 Å². The molecule has 1 aliphatic rings. The van der Waals surface area contributed by atoms with Gasteiger partial charge in [-0.15, -0.1) is 24.0 Å². The van der Waals surface area contributed by atoms with Gasteiger partial charge in [0.1, 0.15) is 6.54 Å². The van der Waals surface area contributed by atoms with Crippen molar-refractivity contribution in [3.63, 3.8) is 0 Å². The molecule has 1 aromatic rings. The quantitative estimate of drug-likeness (QED) is 0.219. The van der Waals surface area contributed by atoms with Crippen molar-refractivity contribution >= 4 is 53.1 Å². The predicted octanol–water partition coefficient (Wildman–Crippen LogP) is 2.59. The van der Waals surface area contributed by atoms with Crippen LogP contribution in [0, 0.1) is 0 Å². The number of amides is 1. The molecular weight excluding hydrogens is 505 g/mol. The summed E-state index contributed by atoms with van der Waals surface area (Å²) < 4.78 is 5.33. The van der Waals surface area contributed by atoms with Gasteiger partial charge < -0.3 is 25.2 Å². The van der Waals surface area contributed by atoms with Gasteiger partial charge in [-0.05, 0) is 44.5 Å². The number of carbonyl (C=O) groups excluding carboxylic acids is 1. The highest BCUT2D eigenvalue weighted by molar-refractivity contribution is 14.0. The van der Waals surface area contributed by atoms with E-state index in [1.165, 1.54) is 0 Å². The first-order valence-corrected chi connectivity index (χ1v) is 10.4. The van der Waals surface area contributed by atoms with Crippen LogP contribution in [0.3, 0.4) is 0 Å². The van der Waals surface area contributed by atoms with Crippen molar-refractivity contribution in [1.82, 2.24) is 15.5 Å². The van der Waals surface area contributed by atoms with Crippen LogP contribution in [-0.2, 0) is 9.53 Å². The zero-order valence-electron chi connectivity index (χ0n) is 17.3. The molecule has 1 amide bonds. The molecule has 0 aliphatic carbocycles. The van der Waals surface area contributed by atoms with Crippen molar-refractivity contribution in [2.45, 2.75) is 20.3 Å². The maximum absolute atomic E-state index is 12.5. The number of halogens is 2. The molecule has 0 unspecified atom stereocenters. The summed E-state index contributed by atoms with van der Waals surface area (Å²) in [6.45, 7) is 10.2. The highest BCUT2D eigenvalue weighted by Crippen LogP contribution is 2.19. The van der Waals surface area contributed by atoms with Crippen LogP contribution in [0.4, 0.5) is 5.69 Å². The molecule has 9 heteroatoms. The smallest absolute Gasteiger partial charge is 0.244 e. The van der Waals surface area contributed by atoms with Crippen LogP contribution in [-0.4, -0.2) is 75.8 Å². The number of guanidine groups is 1. The van der Waals surface area contributed by atoms with E-state index in [0.29, 0.717) is 19.0 Å². The Hall–Kier alpha value is -1.26. The molecule has 0 spiro atoms. The molecule has 0 atom stereocenters. The molecule has 7 nitrogen and oxygen atoms in total. The fourth-order valence-electron chi connectivity index (χ4n) is 2.98. The molecule has 2 N–H and O–H groups in total. The average Bonchev–Trinajstić information content (AvgIpc) is 2.72. The molecule has 0 aromatic heterocycles. The molecule has 1 fully saturated rings. The minimum Gasteiger partial charge on any atom is -0.382 e. The van der Waals surface area contributed by atoms with E-state index in [9.17, 15) is 4.79 Å². The van der Waals surface area contributed by atoms with E-state index in [-0.39, 0.29) is 36.4 Å². The Morgan fingerprint density at radius 2 is 1.83 bits per heavy atom. The van der Waals surface area contributed by atoms with Gasteiger partial charge in [0.05, 0.1) is 0 Å². The van der Waals surface area contributed by atoms with Gasteiger partial charge in [-0.25, -0.2) is 4.99 Å². The van der Waals surface area contributed by atoms with Crippen molar-refractivity contribution < 1.29 is 9.53 Å². The maximum Gasteiger partial charge on any atom is 0.244 e. The molecule has 1 aromatic carbocycles. The Morgan fingerprint density at radius 1 is 1.14 bits per heavy atom. The van der Waals surface area contributed by atoms with E-state index < -0.39 is 0 Å². The Bertz CT molecular complexity index is 622. The second kappa shape index (κ2) is 14.7. The van der Waals surface area contributed by atoms with Crippen LogP contribution in [0.25, 0.3) is 0 Å². The number of benzene rings is 1. The van der Waals surface area contributed by atoms with E-state index in [2.05, 4.69) is 20.5 Å². The minimum atomic E-state index is 0. The van der Waals surface area contributed by atoms with Crippen LogP contribution in [0.1, 0.15) is 20.3 Å². The monoisotopic (exact) mass is 537 g/mol. The lowest BCUT2D eigenvalue weighted by Gasteiger charge is -2.36. The maximum atomic E-state index is 12.5. The first-order chi connectivity index (χ1) is 13.6. The molecule has 0 saturated carbocycles. The standard InChI is InChI=1S/C20H32ClN5O2.HI/c1-3-22-20(23-10-5-15-28-4-2)24-16-19(27)26-13-11-25(12-14-26)18-8-6-17(21)7-9-18;/h6-9H,3-5,10-16H2,1-2H3,(H2,22,23,24);1H. The van der Waals surface area contributed by atoms with Crippen LogP contribution in [0.15, 0.2) is 29.3 Å². The third-order valence-corrected chi connectivity index (χ3v) is 4.75. The predicted molar refractivity (Wildman–Crippen MR) is 131 cm³/mol. The Balaban J connectivity index is 0.00000420. The lowest BCUT2D eigenvalue weighted by atomic mass is 10.2. The first-order valence-electron chi connectivity index (χ1n) is 10.0. The molecule has 164 valence electrons. The number of piperazine rings is 1. The number of hydrogen-bond donors (Lipinski definition) is 2. The van der Waals surface area contributed by atoms with Crippen LogP contribution < -0.4 is 15.5 Å². The van der Waals surface area contributed by atoms with Crippen LogP contribution in [0.2, 0.25) is 5.02 Å². The summed E-state index contributed by atoms with van der Waals surface area (Å²) in [5.74, 6) is 0.731. The average molecular weight is 538 g/mol. The lowest BCUT2D eigenvalue weighted by molar-refractivity contribution is -0.129. The molecule has 0 bridgehead atoms. The van der Waals surface area contributed by atoms with Crippen LogP contribution >= 0.6 is 35.6 Å². The minimum absolute atomic E-state index is 0.